The van der Waals surface area contributed by atoms with Gasteiger partial charge in [-0.05, 0) is 111 Å². The highest BCUT2D eigenvalue weighted by atomic mass is 16.5. The molecule has 30 heavy (non-hydrogen) atoms. The van der Waals surface area contributed by atoms with Crippen LogP contribution in [-0.4, -0.2) is 35.1 Å². The molecular weight excluding hydrogens is 372 g/mol. The van der Waals surface area contributed by atoms with Crippen LogP contribution in [0.25, 0.3) is 0 Å². The van der Waals surface area contributed by atoms with Crippen molar-refractivity contribution in [2.75, 3.05) is 6.61 Å². The Hall–Kier alpha value is -0.380. The summed E-state index contributed by atoms with van der Waals surface area (Å²) in [6.07, 6.45) is 12.7. The highest BCUT2D eigenvalue weighted by molar-refractivity contribution is 5.14. The molecule has 0 amide bonds. The minimum Gasteiger partial charge on any atom is -0.393 e. The van der Waals surface area contributed by atoms with Crippen LogP contribution in [0, 0.1) is 46.3 Å². The van der Waals surface area contributed by atoms with Gasteiger partial charge in [0.1, 0.15) is 0 Å². The fourth-order valence-electron chi connectivity index (χ4n) is 9.68. The summed E-state index contributed by atoms with van der Waals surface area (Å²) < 4.78 is 6.72. The Morgan fingerprint density at radius 3 is 2.57 bits per heavy atom. The minimum atomic E-state index is -0.0487. The van der Waals surface area contributed by atoms with E-state index in [0.29, 0.717) is 34.9 Å². The zero-order chi connectivity index (χ0) is 21.3. The van der Waals surface area contributed by atoms with E-state index in [-0.39, 0.29) is 12.7 Å². The first-order chi connectivity index (χ1) is 14.3. The molecule has 0 aromatic carbocycles. The standard InChI is InChI=1S/C27H44O3/c1-16(15-28)5-8-23-17(2)25-24(30-23)14-22-20-7-6-18-13-19(29)9-11-26(18,3)21(20)10-12-27(22,25)4/h17-25,28-29H,1,5-15H2,2-4H3/t17-,18?,19?,20-,21+,22+,23?,24+,25+,26+,27+/m1/s1. The van der Waals surface area contributed by atoms with Crippen LogP contribution in [0.1, 0.15) is 85.0 Å². The highest BCUT2D eigenvalue weighted by Gasteiger charge is 2.65. The first kappa shape index (κ1) is 21.5. The van der Waals surface area contributed by atoms with Gasteiger partial charge in [-0.15, -0.1) is 0 Å². The summed E-state index contributed by atoms with van der Waals surface area (Å²) in [4.78, 5) is 0. The molecule has 0 bridgehead atoms. The first-order valence-corrected chi connectivity index (χ1v) is 12.9. The van der Waals surface area contributed by atoms with Gasteiger partial charge in [0.15, 0.2) is 0 Å². The van der Waals surface area contributed by atoms with Crippen molar-refractivity contribution < 1.29 is 14.9 Å². The van der Waals surface area contributed by atoms with E-state index in [9.17, 15) is 10.2 Å². The number of hydrogen-bond acceptors (Lipinski definition) is 3. The first-order valence-electron chi connectivity index (χ1n) is 12.9. The van der Waals surface area contributed by atoms with Crippen LogP contribution < -0.4 is 0 Å². The number of ether oxygens (including phenoxy) is 1. The number of hydrogen-bond donors (Lipinski definition) is 2. The number of fused-ring (bicyclic) bond motifs is 7. The van der Waals surface area contributed by atoms with Crippen molar-refractivity contribution in [1.82, 2.24) is 0 Å². The smallest absolute Gasteiger partial charge is 0.0639 e. The molecule has 5 aliphatic rings. The van der Waals surface area contributed by atoms with Gasteiger partial charge >= 0.3 is 0 Å². The lowest BCUT2D eigenvalue weighted by Crippen LogP contribution is -2.54. The van der Waals surface area contributed by atoms with E-state index in [1.54, 1.807) is 0 Å². The van der Waals surface area contributed by atoms with E-state index in [0.717, 1.165) is 54.9 Å². The molecule has 3 heteroatoms. The Morgan fingerprint density at radius 1 is 1.03 bits per heavy atom. The molecule has 2 N–H and O–H groups in total. The predicted octanol–water partition coefficient (Wildman–Crippen LogP) is 5.35. The summed E-state index contributed by atoms with van der Waals surface area (Å²) in [5.74, 6) is 4.62. The molecule has 4 aliphatic carbocycles. The van der Waals surface area contributed by atoms with Crippen molar-refractivity contribution in [3.05, 3.63) is 12.2 Å². The summed E-state index contributed by atoms with van der Waals surface area (Å²) in [6.45, 7) is 11.7. The van der Waals surface area contributed by atoms with Crippen LogP contribution in [0.5, 0.6) is 0 Å². The normalized spacial score (nSPS) is 54.8. The summed E-state index contributed by atoms with van der Waals surface area (Å²) in [6, 6.07) is 0. The van der Waals surface area contributed by atoms with Gasteiger partial charge in [-0.25, -0.2) is 0 Å². The van der Waals surface area contributed by atoms with E-state index in [1.165, 1.54) is 38.5 Å². The maximum Gasteiger partial charge on any atom is 0.0639 e. The Bertz CT molecular complexity index is 675. The van der Waals surface area contributed by atoms with E-state index < -0.39 is 0 Å². The van der Waals surface area contributed by atoms with Gasteiger partial charge in [0.25, 0.3) is 0 Å². The largest absolute Gasteiger partial charge is 0.393 e. The molecule has 0 spiro atoms. The van der Waals surface area contributed by atoms with E-state index in [2.05, 4.69) is 27.4 Å². The Morgan fingerprint density at radius 2 is 1.80 bits per heavy atom. The monoisotopic (exact) mass is 416 g/mol. The topological polar surface area (TPSA) is 49.7 Å². The lowest BCUT2D eigenvalue weighted by Gasteiger charge is -2.61. The fourth-order valence-corrected chi connectivity index (χ4v) is 9.68. The van der Waals surface area contributed by atoms with Crippen LogP contribution in [0.4, 0.5) is 0 Å². The molecule has 1 saturated heterocycles. The van der Waals surface area contributed by atoms with Crippen LogP contribution >= 0.6 is 0 Å². The second kappa shape index (κ2) is 7.59. The SMILES string of the molecule is C=C(CO)CCC1O[C@H]2C[C@H]3[C@@H]4CCC5CC(O)CC[C@]5(C)[C@H]4CC[C@]3(C)[C@H]2[C@@H]1C. The van der Waals surface area contributed by atoms with Crippen molar-refractivity contribution in [1.29, 1.82) is 0 Å². The van der Waals surface area contributed by atoms with Crippen LogP contribution in [0.2, 0.25) is 0 Å². The molecule has 3 nitrogen and oxygen atoms in total. The van der Waals surface area contributed by atoms with Gasteiger partial charge < -0.3 is 14.9 Å². The van der Waals surface area contributed by atoms with Gasteiger partial charge in [0.05, 0.1) is 24.9 Å². The quantitative estimate of drug-likeness (QED) is 0.608. The fraction of sp³-hybridized carbons (Fsp3) is 0.926. The minimum absolute atomic E-state index is 0.0487. The summed E-state index contributed by atoms with van der Waals surface area (Å²) in [5, 5.41) is 19.6. The number of aliphatic hydroxyl groups excluding tert-OH is 2. The molecular formula is C27H44O3. The zero-order valence-electron chi connectivity index (χ0n) is 19.5. The molecule has 1 aliphatic heterocycles. The summed E-state index contributed by atoms with van der Waals surface area (Å²) >= 11 is 0. The van der Waals surface area contributed by atoms with E-state index >= 15 is 0 Å². The third-order valence-corrected chi connectivity index (χ3v) is 11.2. The van der Waals surface area contributed by atoms with E-state index in [4.69, 9.17) is 4.74 Å². The van der Waals surface area contributed by atoms with Gasteiger partial charge in [0.2, 0.25) is 0 Å². The molecule has 0 aromatic rings. The summed E-state index contributed by atoms with van der Waals surface area (Å²) in [5.41, 5.74) is 1.83. The molecule has 1 heterocycles. The lowest BCUT2D eigenvalue weighted by atomic mass is 9.44. The second-order valence-corrected chi connectivity index (χ2v) is 12.4. The van der Waals surface area contributed by atoms with Crippen molar-refractivity contribution in [2.24, 2.45) is 46.3 Å². The maximum absolute atomic E-state index is 10.3. The summed E-state index contributed by atoms with van der Waals surface area (Å²) in [7, 11) is 0. The third-order valence-electron chi connectivity index (χ3n) is 11.2. The Balaban J connectivity index is 1.33. The average Bonchev–Trinajstić information content (AvgIpc) is 3.20. The van der Waals surface area contributed by atoms with Crippen molar-refractivity contribution in [3.63, 3.8) is 0 Å². The highest BCUT2D eigenvalue weighted by Crippen LogP contribution is 2.70. The van der Waals surface area contributed by atoms with Gasteiger partial charge in [-0.3, -0.25) is 0 Å². The second-order valence-electron chi connectivity index (χ2n) is 12.4. The Kier molecular flexibility index (Phi) is 5.43. The molecule has 4 saturated carbocycles. The van der Waals surface area contributed by atoms with Gasteiger partial charge in [-0.1, -0.05) is 32.9 Å². The van der Waals surface area contributed by atoms with Crippen LogP contribution in [0.3, 0.4) is 0 Å². The Labute approximate surface area is 183 Å². The van der Waals surface area contributed by atoms with Crippen molar-refractivity contribution >= 4 is 0 Å². The van der Waals surface area contributed by atoms with E-state index in [1.807, 2.05) is 0 Å². The molecule has 0 radical (unpaired) electrons. The van der Waals surface area contributed by atoms with Crippen LogP contribution in [0.15, 0.2) is 12.2 Å². The molecule has 5 fully saturated rings. The van der Waals surface area contributed by atoms with Crippen molar-refractivity contribution in [3.8, 4) is 0 Å². The molecule has 5 rings (SSSR count). The van der Waals surface area contributed by atoms with Gasteiger partial charge in [-0.2, -0.15) is 0 Å². The lowest BCUT2D eigenvalue weighted by molar-refractivity contribution is -0.130. The maximum atomic E-state index is 10.3. The molecule has 11 atom stereocenters. The molecule has 0 aromatic heterocycles. The number of rotatable bonds is 4. The molecule has 170 valence electrons. The zero-order valence-corrected chi connectivity index (χ0v) is 19.5. The van der Waals surface area contributed by atoms with Crippen LogP contribution in [-0.2, 0) is 4.74 Å². The van der Waals surface area contributed by atoms with Gasteiger partial charge in [0, 0.05) is 0 Å². The third kappa shape index (κ3) is 3.09. The number of aliphatic hydroxyl groups is 2. The van der Waals surface area contributed by atoms with Crippen molar-refractivity contribution in [2.45, 2.75) is 103 Å². The average molecular weight is 417 g/mol. The predicted molar refractivity (Wildman–Crippen MR) is 120 cm³/mol. The molecule has 3 unspecified atom stereocenters.